The summed E-state index contributed by atoms with van der Waals surface area (Å²) >= 11 is 2.90. The summed E-state index contributed by atoms with van der Waals surface area (Å²) in [4.78, 5) is 17.5. The smallest absolute Gasteiger partial charge is 0.216 e. The fourth-order valence-electron chi connectivity index (χ4n) is 4.04. The molecule has 176 valence electrons. The zero-order valence-electron chi connectivity index (χ0n) is 19.5. The van der Waals surface area contributed by atoms with Gasteiger partial charge in [0, 0.05) is 31.7 Å². The molecule has 0 aliphatic carbocycles. The van der Waals surface area contributed by atoms with E-state index in [1.807, 2.05) is 16.5 Å². The fraction of sp³-hybridized carbons (Fsp3) is 0.391. The first kappa shape index (κ1) is 22.7. The molecule has 5 rings (SSSR count). The molecule has 0 bridgehead atoms. The van der Waals surface area contributed by atoms with Crippen molar-refractivity contribution in [3.8, 4) is 17.3 Å². The SMILES string of the molecule is CCc1nc2sc(N3CC(N(C)CC)C3)nn2c1N(C)c1nc(-c2ccc(F)cc2)c(C#N)s1. The van der Waals surface area contributed by atoms with Gasteiger partial charge in [-0.05, 0) is 44.3 Å². The molecule has 1 fully saturated rings. The Bertz CT molecular complexity index is 1360. The van der Waals surface area contributed by atoms with Gasteiger partial charge in [0.1, 0.15) is 22.5 Å². The molecule has 1 aromatic carbocycles. The Balaban J connectivity index is 1.48. The van der Waals surface area contributed by atoms with E-state index in [1.165, 1.54) is 23.5 Å². The Labute approximate surface area is 205 Å². The molecule has 1 aliphatic heterocycles. The highest BCUT2D eigenvalue weighted by atomic mass is 32.1. The standard InChI is InChI=1S/C23H25FN8S2/c1-5-17-20(32-22(26-17)34-23(28-32)31-12-16(13-31)29(3)6-2)30(4)21-27-19(18(11-25)33-21)14-7-9-15(24)10-8-14/h7-10,16H,5-6,12-13H2,1-4H3. The molecule has 1 saturated heterocycles. The molecule has 0 atom stereocenters. The van der Waals surface area contributed by atoms with Gasteiger partial charge in [-0.15, -0.1) is 5.10 Å². The predicted molar refractivity (Wildman–Crippen MR) is 135 cm³/mol. The summed E-state index contributed by atoms with van der Waals surface area (Å²) in [7, 11) is 4.08. The molecule has 0 N–H and O–H groups in total. The van der Waals surface area contributed by atoms with Gasteiger partial charge < -0.3 is 14.7 Å². The normalized spacial score (nSPS) is 14.1. The zero-order valence-corrected chi connectivity index (χ0v) is 21.1. The van der Waals surface area contributed by atoms with E-state index in [0.717, 1.165) is 47.7 Å². The van der Waals surface area contributed by atoms with Gasteiger partial charge in [-0.1, -0.05) is 36.5 Å². The Morgan fingerprint density at radius 2 is 1.88 bits per heavy atom. The molecule has 34 heavy (non-hydrogen) atoms. The summed E-state index contributed by atoms with van der Waals surface area (Å²) in [5, 5.41) is 16.2. The predicted octanol–water partition coefficient (Wildman–Crippen LogP) is 4.40. The van der Waals surface area contributed by atoms with Crippen LogP contribution < -0.4 is 9.80 Å². The second-order valence-corrected chi connectivity index (χ2v) is 10.2. The van der Waals surface area contributed by atoms with Gasteiger partial charge in [-0.2, -0.15) is 9.78 Å². The topological polar surface area (TPSA) is 76.6 Å². The van der Waals surface area contributed by atoms with E-state index in [0.29, 0.717) is 27.3 Å². The van der Waals surface area contributed by atoms with Crippen molar-refractivity contribution in [3.63, 3.8) is 0 Å². The third-order valence-corrected chi connectivity index (χ3v) is 8.27. The molecule has 11 heteroatoms. The van der Waals surface area contributed by atoms with Crippen molar-refractivity contribution in [2.24, 2.45) is 0 Å². The molecule has 0 amide bonds. The number of rotatable bonds is 7. The maximum absolute atomic E-state index is 13.4. The van der Waals surface area contributed by atoms with Gasteiger partial charge in [0.15, 0.2) is 10.9 Å². The second-order valence-electron chi connectivity index (χ2n) is 8.30. The summed E-state index contributed by atoms with van der Waals surface area (Å²) in [6, 6.07) is 8.84. The molecule has 1 aliphatic rings. The number of hydrogen-bond acceptors (Lipinski definition) is 9. The minimum atomic E-state index is -0.321. The molecular formula is C23H25FN8S2. The van der Waals surface area contributed by atoms with Crippen molar-refractivity contribution in [3.05, 3.63) is 40.7 Å². The highest BCUT2D eigenvalue weighted by Gasteiger charge is 2.32. The fourth-order valence-corrected chi connectivity index (χ4v) is 5.82. The third-order valence-electron chi connectivity index (χ3n) is 6.27. The minimum Gasteiger partial charge on any atom is -0.343 e. The van der Waals surface area contributed by atoms with Crippen LogP contribution in [0.1, 0.15) is 24.4 Å². The summed E-state index contributed by atoms with van der Waals surface area (Å²) in [5.41, 5.74) is 2.19. The van der Waals surface area contributed by atoms with Gasteiger partial charge in [0.25, 0.3) is 0 Å². The van der Waals surface area contributed by atoms with Crippen molar-refractivity contribution < 1.29 is 4.39 Å². The average molecular weight is 497 g/mol. The monoisotopic (exact) mass is 496 g/mol. The van der Waals surface area contributed by atoms with Crippen LogP contribution in [-0.2, 0) is 6.42 Å². The van der Waals surface area contributed by atoms with Gasteiger partial charge in [0.05, 0.1) is 5.69 Å². The van der Waals surface area contributed by atoms with E-state index in [9.17, 15) is 9.65 Å². The molecule has 4 aromatic rings. The highest BCUT2D eigenvalue weighted by Crippen LogP contribution is 2.38. The van der Waals surface area contributed by atoms with E-state index >= 15 is 0 Å². The highest BCUT2D eigenvalue weighted by molar-refractivity contribution is 7.20. The largest absolute Gasteiger partial charge is 0.343 e. The number of nitrogens with zero attached hydrogens (tertiary/aromatic N) is 8. The van der Waals surface area contributed by atoms with Gasteiger partial charge in [-0.3, -0.25) is 0 Å². The van der Waals surface area contributed by atoms with Crippen molar-refractivity contribution in [1.29, 1.82) is 5.26 Å². The van der Waals surface area contributed by atoms with Crippen LogP contribution >= 0.6 is 22.7 Å². The van der Waals surface area contributed by atoms with Crippen molar-refractivity contribution in [1.82, 2.24) is 24.5 Å². The lowest BCUT2D eigenvalue weighted by molar-refractivity contribution is 0.214. The molecule has 3 aromatic heterocycles. The first-order chi connectivity index (χ1) is 16.4. The lowest BCUT2D eigenvalue weighted by Gasteiger charge is -2.43. The van der Waals surface area contributed by atoms with E-state index in [-0.39, 0.29) is 5.82 Å². The third kappa shape index (κ3) is 3.81. The van der Waals surface area contributed by atoms with Crippen LogP contribution in [0.5, 0.6) is 0 Å². The van der Waals surface area contributed by atoms with Gasteiger partial charge in [0.2, 0.25) is 10.1 Å². The van der Waals surface area contributed by atoms with Crippen LogP contribution in [0.15, 0.2) is 24.3 Å². The molecule has 0 radical (unpaired) electrons. The number of halogens is 1. The maximum Gasteiger partial charge on any atom is 0.216 e. The van der Waals surface area contributed by atoms with Crippen LogP contribution in [0.4, 0.5) is 20.5 Å². The number of aromatic nitrogens is 4. The maximum atomic E-state index is 13.4. The first-order valence-electron chi connectivity index (χ1n) is 11.2. The summed E-state index contributed by atoms with van der Waals surface area (Å²) in [6.45, 7) is 7.20. The Morgan fingerprint density at radius 1 is 1.15 bits per heavy atom. The van der Waals surface area contributed by atoms with Gasteiger partial charge in [-0.25, -0.2) is 14.4 Å². The average Bonchev–Trinajstić information content (AvgIpc) is 3.50. The van der Waals surface area contributed by atoms with Crippen molar-refractivity contribution in [2.45, 2.75) is 26.3 Å². The molecule has 0 saturated carbocycles. The number of hydrogen-bond donors (Lipinski definition) is 0. The number of likely N-dealkylation sites (N-methyl/N-ethyl adjacent to an activating group) is 1. The van der Waals surface area contributed by atoms with Gasteiger partial charge >= 0.3 is 0 Å². The van der Waals surface area contributed by atoms with Crippen LogP contribution in [0.25, 0.3) is 16.2 Å². The van der Waals surface area contributed by atoms with Crippen molar-refractivity contribution in [2.75, 3.05) is 43.5 Å². The summed E-state index contributed by atoms with van der Waals surface area (Å²) < 4.78 is 15.3. The number of aryl methyl sites for hydroxylation is 1. The number of imidazole rings is 1. The summed E-state index contributed by atoms with van der Waals surface area (Å²) in [5.74, 6) is 0.532. The molecule has 0 spiro atoms. The number of anilines is 3. The molecule has 0 unspecified atom stereocenters. The van der Waals surface area contributed by atoms with E-state index in [2.05, 4.69) is 36.8 Å². The van der Waals surface area contributed by atoms with Crippen LogP contribution in [0.2, 0.25) is 0 Å². The number of fused-ring (bicyclic) bond motifs is 1. The van der Waals surface area contributed by atoms with E-state index in [4.69, 9.17) is 15.1 Å². The Kier molecular flexibility index (Phi) is 5.97. The first-order valence-corrected chi connectivity index (χ1v) is 12.8. The molecule has 4 heterocycles. The quantitative estimate of drug-likeness (QED) is 0.375. The van der Waals surface area contributed by atoms with Crippen LogP contribution in [0.3, 0.4) is 0 Å². The Hall–Kier alpha value is -3.07. The number of nitriles is 1. The minimum absolute atomic E-state index is 0.321. The van der Waals surface area contributed by atoms with Crippen molar-refractivity contribution >= 4 is 43.7 Å². The number of benzene rings is 1. The van der Waals surface area contributed by atoms with E-state index < -0.39 is 0 Å². The summed E-state index contributed by atoms with van der Waals surface area (Å²) in [6.07, 6.45) is 0.749. The molecule has 8 nitrogen and oxygen atoms in total. The Morgan fingerprint density at radius 3 is 2.53 bits per heavy atom. The van der Waals surface area contributed by atoms with E-state index in [1.54, 1.807) is 23.5 Å². The zero-order chi connectivity index (χ0) is 24.0. The lowest BCUT2D eigenvalue weighted by Crippen LogP contribution is -2.58. The molecular weight excluding hydrogens is 471 g/mol. The van der Waals surface area contributed by atoms with Crippen LogP contribution in [-0.4, -0.2) is 64.3 Å². The second kappa shape index (κ2) is 8.94. The van der Waals surface area contributed by atoms with Crippen LogP contribution in [0, 0.1) is 17.1 Å². The lowest BCUT2D eigenvalue weighted by atomic mass is 10.1. The number of thiazole rings is 1.